The maximum atomic E-state index is 13.5. The molecular weight excluding hydrogens is 386 g/mol. The molecule has 0 bridgehead atoms. The third-order valence-electron chi connectivity index (χ3n) is 6.10. The average molecular weight is 418 g/mol. The smallest absolute Gasteiger partial charge is 0.227 e. The fraction of sp³-hybridized carbons (Fsp3) is 0.400. The summed E-state index contributed by atoms with van der Waals surface area (Å²) in [7, 11) is 0. The second kappa shape index (κ2) is 9.88. The maximum absolute atomic E-state index is 13.5. The maximum Gasteiger partial charge on any atom is 0.227 e. The van der Waals surface area contributed by atoms with E-state index in [9.17, 15) is 4.79 Å². The van der Waals surface area contributed by atoms with E-state index in [2.05, 4.69) is 62.9 Å². The van der Waals surface area contributed by atoms with E-state index in [-0.39, 0.29) is 11.8 Å². The van der Waals surface area contributed by atoms with Crippen LogP contribution in [-0.2, 0) is 17.8 Å². The first-order valence-electron chi connectivity index (χ1n) is 11.1. The topological polar surface area (TPSA) is 65.1 Å². The van der Waals surface area contributed by atoms with Crippen molar-refractivity contribution in [2.45, 2.75) is 33.2 Å². The summed E-state index contributed by atoms with van der Waals surface area (Å²) in [5.74, 6) is 0.198. The van der Waals surface area contributed by atoms with Gasteiger partial charge in [-0.05, 0) is 48.6 Å². The highest BCUT2D eigenvalue weighted by atomic mass is 16.2. The number of amides is 1. The number of rotatable bonds is 7. The van der Waals surface area contributed by atoms with Crippen LogP contribution in [0.25, 0.3) is 11.1 Å². The molecule has 1 atom stereocenters. The van der Waals surface area contributed by atoms with Gasteiger partial charge >= 0.3 is 0 Å². The Morgan fingerprint density at radius 3 is 2.68 bits per heavy atom. The molecule has 1 N–H and O–H groups in total. The van der Waals surface area contributed by atoms with Gasteiger partial charge in [-0.3, -0.25) is 14.7 Å². The van der Waals surface area contributed by atoms with Crippen LogP contribution in [0.1, 0.15) is 30.3 Å². The molecular formula is C25H31N5O. The van der Waals surface area contributed by atoms with Gasteiger partial charge in [0.1, 0.15) is 0 Å². The molecule has 0 spiro atoms. The first kappa shape index (κ1) is 21.2. The zero-order valence-electron chi connectivity index (χ0n) is 18.4. The third kappa shape index (κ3) is 5.02. The molecule has 31 heavy (non-hydrogen) atoms. The van der Waals surface area contributed by atoms with E-state index in [4.69, 9.17) is 0 Å². The van der Waals surface area contributed by atoms with Gasteiger partial charge in [-0.2, -0.15) is 0 Å². The highest BCUT2D eigenvalue weighted by Crippen LogP contribution is 2.27. The summed E-state index contributed by atoms with van der Waals surface area (Å²) in [6, 6.07) is 12.5. The second-order valence-corrected chi connectivity index (χ2v) is 8.33. The number of hydrogen-bond acceptors (Lipinski definition) is 4. The van der Waals surface area contributed by atoms with E-state index in [1.54, 1.807) is 6.33 Å². The summed E-state index contributed by atoms with van der Waals surface area (Å²) in [6.45, 7) is 8.17. The lowest BCUT2D eigenvalue weighted by atomic mass is 9.91. The molecule has 0 radical (unpaired) electrons. The molecule has 0 unspecified atom stereocenters. The van der Waals surface area contributed by atoms with Gasteiger partial charge in [0.15, 0.2) is 0 Å². The molecule has 6 heteroatoms. The molecule has 1 aliphatic rings. The standard InChI is InChI=1S/C25H31N5O/c1-3-12-30-14-13-29(17-24-19(2)27-18-28-24)16-22(25(30)31)15-21-6-4-5-7-23(21)20-8-10-26-11-9-20/h4-11,18,22H,3,12-17H2,1-2H3,(H,27,28)/t22-/m1/s1. The fourth-order valence-electron chi connectivity index (χ4n) is 4.43. The zero-order valence-corrected chi connectivity index (χ0v) is 18.4. The van der Waals surface area contributed by atoms with Crippen LogP contribution in [0.4, 0.5) is 0 Å². The predicted molar refractivity (Wildman–Crippen MR) is 122 cm³/mol. The Hall–Kier alpha value is -2.99. The van der Waals surface area contributed by atoms with Crippen LogP contribution in [-0.4, -0.2) is 56.8 Å². The number of carbonyl (C=O) groups excluding carboxylic acids is 1. The van der Waals surface area contributed by atoms with E-state index in [0.717, 1.165) is 62.5 Å². The minimum absolute atomic E-state index is 0.0729. The molecule has 6 nitrogen and oxygen atoms in total. The van der Waals surface area contributed by atoms with Gasteiger partial charge < -0.3 is 9.88 Å². The number of H-pyrrole nitrogens is 1. The Kier molecular flexibility index (Phi) is 6.77. The minimum Gasteiger partial charge on any atom is -0.348 e. The summed E-state index contributed by atoms with van der Waals surface area (Å²) >= 11 is 0. The molecule has 1 aliphatic heterocycles. The molecule has 0 saturated carbocycles. The predicted octanol–water partition coefficient (Wildman–Crippen LogP) is 3.69. The van der Waals surface area contributed by atoms with Crippen molar-refractivity contribution >= 4 is 5.91 Å². The Morgan fingerprint density at radius 2 is 1.94 bits per heavy atom. The first-order chi connectivity index (χ1) is 15.2. The average Bonchev–Trinajstić information content (AvgIpc) is 3.14. The van der Waals surface area contributed by atoms with Gasteiger partial charge in [-0.25, -0.2) is 4.98 Å². The molecule has 1 amide bonds. The van der Waals surface area contributed by atoms with Crippen molar-refractivity contribution in [3.63, 3.8) is 0 Å². The number of carbonyl (C=O) groups is 1. The summed E-state index contributed by atoms with van der Waals surface area (Å²) in [4.78, 5) is 29.7. The van der Waals surface area contributed by atoms with Crippen molar-refractivity contribution in [3.05, 3.63) is 72.1 Å². The van der Waals surface area contributed by atoms with Crippen LogP contribution in [0.2, 0.25) is 0 Å². The summed E-state index contributed by atoms with van der Waals surface area (Å²) < 4.78 is 0. The van der Waals surface area contributed by atoms with E-state index in [1.807, 2.05) is 24.5 Å². The van der Waals surface area contributed by atoms with Gasteiger partial charge in [-0.1, -0.05) is 31.2 Å². The van der Waals surface area contributed by atoms with Gasteiger partial charge in [-0.15, -0.1) is 0 Å². The molecule has 3 aromatic rings. The summed E-state index contributed by atoms with van der Waals surface area (Å²) in [5.41, 5.74) is 5.69. The lowest BCUT2D eigenvalue weighted by Gasteiger charge is -2.24. The Labute approximate surface area is 184 Å². The largest absolute Gasteiger partial charge is 0.348 e. The van der Waals surface area contributed by atoms with Crippen LogP contribution >= 0.6 is 0 Å². The monoisotopic (exact) mass is 417 g/mol. The lowest BCUT2D eigenvalue weighted by Crippen LogP contribution is -2.37. The van der Waals surface area contributed by atoms with Crippen LogP contribution in [0.15, 0.2) is 55.1 Å². The molecule has 1 saturated heterocycles. The molecule has 1 fully saturated rings. The van der Waals surface area contributed by atoms with Gasteiger partial charge in [0, 0.05) is 50.8 Å². The number of benzene rings is 1. The van der Waals surface area contributed by atoms with Crippen molar-refractivity contribution in [1.82, 2.24) is 24.8 Å². The van der Waals surface area contributed by atoms with Gasteiger partial charge in [0.05, 0.1) is 17.9 Å². The first-order valence-corrected chi connectivity index (χ1v) is 11.1. The lowest BCUT2D eigenvalue weighted by molar-refractivity contribution is -0.134. The van der Waals surface area contributed by atoms with Crippen molar-refractivity contribution in [2.75, 3.05) is 26.2 Å². The fourth-order valence-corrected chi connectivity index (χ4v) is 4.43. The zero-order chi connectivity index (χ0) is 21.6. The van der Waals surface area contributed by atoms with Crippen molar-refractivity contribution < 1.29 is 4.79 Å². The van der Waals surface area contributed by atoms with Crippen LogP contribution < -0.4 is 0 Å². The highest BCUT2D eigenvalue weighted by molar-refractivity contribution is 5.80. The number of nitrogens with one attached hydrogen (secondary N) is 1. The van der Waals surface area contributed by atoms with E-state index < -0.39 is 0 Å². The Morgan fingerprint density at radius 1 is 1.13 bits per heavy atom. The minimum atomic E-state index is -0.0729. The molecule has 1 aromatic carbocycles. The summed E-state index contributed by atoms with van der Waals surface area (Å²) in [5, 5.41) is 0. The number of pyridine rings is 1. The summed E-state index contributed by atoms with van der Waals surface area (Å²) in [6.07, 6.45) is 7.09. The number of aromatic amines is 1. The van der Waals surface area contributed by atoms with Gasteiger partial charge in [0.2, 0.25) is 5.91 Å². The quantitative estimate of drug-likeness (QED) is 0.637. The van der Waals surface area contributed by atoms with E-state index in [0.29, 0.717) is 0 Å². The third-order valence-corrected chi connectivity index (χ3v) is 6.10. The van der Waals surface area contributed by atoms with Crippen LogP contribution in [0.5, 0.6) is 0 Å². The molecule has 3 heterocycles. The van der Waals surface area contributed by atoms with Crippen LogP contribution in [0, 0.1) is 12.8 Å². The van der Waals surface area contributed by atoms with Crippen LogP contribution in [0.3, 0.4) is 0 Å². The molecule has 162 valence electrons. The van der Waals surface area contributed by atoms with E-state index >= 15 is 0 Å². The number of aromatic nitrogens is 3. The number of nitrogens with zero attached hydrogens (tertiary/aromatic N) is 4. The Balaban J connectivity index is 1.60. The molecule has 4 rings (SSSR count). The molecule has 2 aromatic heterocycles. The van der Waals surface area contributed by atoms with Crippen molar-refractivity contribution in [3.8, 4) is 11.1 Å². The van der Waals surface area contributed by atoms with E-state index in [1.165, 1.54) is 11.1 Å². The second-order valence-electron chi connectivity index (χ2n) is 8.33. The Bertz CT molecular complexity index is 1000. The van der Waals surface area contributed by atoms with Gasteiger partial charge in [0.25, 0.3) is 0 Å². The number of hydrogen-bond donors (Lipinski definition) is 1. The normalized spacial score (nSPS) is 17.7. The van der Waals surface area contributed by atoms with Crippen molar-refractivity contribution in [2.24, 2.45) is 5.92 Å². The van der Waals surface area contributed by atoms with Crippen molar-refractivity contribution in [1.29, 1.82) is 0 Å². The highest BCUT2D eigenvalue weighted by Gasteiger charge is 2.31. The number of imidazole rings is 1. The number of aryl methyl sites for hydroxylation is 1. The SMILES string of the molecule is CCCN1CCN(Cc2nc[nH]c2C)C[C@@H](Cc2ccccc2-c2ccncc2)C1=O. The molecule has 0 aliphatic carbocycles.